The van der Waals surface area contributed by atoms with E-state index in [0.717, 1.165) is 11.3 Å². The van der Waals surface area contributed by atoms with Gasteiger partial charge in [-0.05, 0) is 31.0 Å². The van der Waals surface area contributed by atoms with Gasteiger partial charge in [-0.3, -0.25) is 4.79 Å². The average molecular weight is 291 g/mol. The Labute approximate surface area is 125 Å². The maximum Gasteiger partial charge on any atom is 0.323 e. The Kier molecular flexibility index (Phi) is 7.95. The summed E-state index contributed by atoms with van der Waals surface area (Å²) in [6.45, 7) is 3.25. The fourth-order valence-corrected chi connectivity index (χ4v) is 1.66. The number of ether oxygens (including phenoxy) is 3. The van der Waals surface area contributed by atoms with Crippen LogP contribution in [0.25, 0.3) is 0 Å². The standard InChI is InChI=1S/C16H21NO4/c1-3-9-19-10-11-21-14-7-5-13(6-8-14)12-15(17)16(18)20-4-2/h1,5-8,15H,4,9-12,17H2,2H3/t15-/m0/s1. The van der Waals surface area contributed by atoms with Crippen LogP contribution in [0, 0.1) is 12.3 Å². The molecule has 5 heteroatoms. The molecule has 0 heterocycles. The van der Waals surface area contributed by atoms with E-state index in [-0.39, 0.29) is 12.6 Å². The van der Waals surface area contributed by atoms with Crippen molar-refractivity contribution >= 4 is 5.97 Å². The highest BCUT2D eigenvalue weighted by atomic mass is 16.5. The van der Waals surface area contributed by atoms with Gasteiger partial charge in [0.05, 0.1) is 13.2 Å². The lowest BCUT2D eigenvalue weighted by atomic mass is 10.1. The third-order valence-electron chi connectivity index (χ3n) is 2.65. The number of carbonyl (C=O) groups is 1. The summed E-state index contributed by atoms with van der Waals surface area (Å²) in [6, 6.07) is 6.75. The number of hydrogen-bond acceptors (Lipinski definition) is 5. The quantitative estimate of drug-likeness (QED) is 0.420. The van der Waals surface area contributed by atoms with Gasteiger partial charge >= 0.3 is 5.97 Å². The van der Waals surface area contributed by atoms with E-state index in [9.17, 15) is 4.79 Å². The van der Waals surface area contributed by atoms with Crippen molar-refractivity contribution in [2.24, 2.45) is 5.73 Å². The second-order valence-corrected chi connectivity index (χ2v) is 4.31. The third-order valence-corrected chi connectivity index (χ3v) is 2.65. The lowest BCUT2D eigenvalue weighted by molar-refractivity contribution is -0.144. The van der Waals surface area contributed by atoms with Crippen LogP contribution in [0.3, 0.4) is 0 Å². The van der Waals surface area contributed by atoms with Crippen molar-refractivity contribution in [3.8, 4) is 18.1 Å². The Morgan fingerprint density at radius 2 is 2.05 bits per heavy atom. The van der Waals surface area contributed by atoms with Crippen LogP contribution in [0.5, 0.6) is 5.75 Å². The summed E-state index contributed by atoms with van der Waals surface area (Å²) in [4.78, 5) is 11.4. The summed E-state index contributed by atoms with van der Waals surface area (Å²) in [6.07, 6.45) is 5.49. The molecule has 0 amide bonds. The number of carbonyl (C=O) groups excluding carboxylic acids is 1. The molecule has 0 unspecified atom stereocenters. The molecule has 0 saturated heterocycles. The number of esters is 1. The molecule has 0 bridgehead atoms. The van der Waals surface area contributed by atoms with Crippen molar-refractivity contribution < 1.29 is 19.0 Å². The molecular formula is C16H21NO4. The first-order valence-corrected chi connectivity index (χ1v) is 6.82. The highest BCUT2D eigenvalue weighted by Crippen LogP contribution is 2.13. The molecule has 0 aromatic heterocycles. The van der Waals surface area contributed by atoms with Crippen molar-refractivity contribution in [2.75, 3.05) is 26.4 Å². The van der Waals surface area contributed by atoms with Gasteiger partial charge in [-0.15, -0.1) is 6.42 Å². The molecule has 0 saturated carbocycles. The molecule has 0 aliphatic rings. The van der Waals surface area contributed by atoms with Gasteiger partial charge in [-0.2, -0.15) is 0 Å². The van der Waals surface area contributed by atoms with Crippen molar-refractivity contribution in [1.29, 1.82) is 0 Å². The third kappa shape index (κ3) is 6.80. The molecule has 21 heavy (non-hydrogen) atoms. The van der Waals surface area contributed by atoms with Gasteiger partial charge < -0.3 is 19.9 Å². The van der Waals surface area contributed by atoms with E-state index in [1.54, 1.807) is 6.92 Å². The molecule has 1 aromatic rings. The molecular weight excluding hydrogens is 270 g/mol. The summed E-state index contributed by atoms with van der Waals surface area (Å²) < 4.78 is 15.5. The fourth-order valence-electron chi connectivity index (χ4n) is 1.66. The van der Waals surface area contributed by atoms with Crippen molar-refractivity contribution in [3.05, 3.63) is 29.8 Å². The first-order valence-electron chi connectivity index (χ1n) is 6.82. The van der Waals surface area contributed by atoms with Crippen LogP contribution in [-0.2, 0) is 20.7 Å². The van der Waals surface area contributed by atoms with E-state index >= 15 is 0 Å². The highest BCUT2D eigenvalue weighted by molar-refractivity contribution is 5.75. The number of hydrogen-bond donors (Lipinski definition) is 1. The topological polar surface area (TPSA) is 70.8 Å². The highest BCUT2D eigenvalue weighted by Gasteiger charge is 2.14. The molecule has 0 radical (unpaired) electrons. The van der Waals surface area contributed by atoms with Crippen LogP contribution >= 0.6 is 0 Å². The normalized spacial score (nSPS) is 11.5. The van der Waals surface area contributed by atoms with Crippen LogP contribution in [0.4, 0.5) is 0 Å². The predicted octanol–water partition coefficient (Wildman–Crippen LogP) is 1.15. The molecule has 0 spiro atoms. The van der Waals surface area contributed by atoms with Crippen LogP contribution in [0.1, 0.15) is 12.5 Å². The zero-order valence-electron chi connectivity index (χ0n) is 12.2. The zero-order chi connectivity index (χ0) is 15.5. The van der Waals surface area contributed by atoms with E-state index < -0.39 is 6.04 Å². The van der Waals surface area contributed by atoms with Crippen LogP contribution in [0.2, 0.25) is 0 Å². The van der Waals surface area contributed by atoms with Crippen molar-refractivity contribution in [2.45, 2.75) is 19.4 Å². The lowest BCUT2D eigenvalue weighted by Crippen LogP contribution is -2.34. The minimum Gasteiger partial charge on any atom is -0.491 e. The summed E-state index contributed by atoms with van der Waals surface area (Å²) in [5.74, 6) is 2.73. The number of rotatable bonds is 9. The Morgan fingerprint density at radius 3 is 2.67 bits per heavy atom. The molecule has 1 rings (SSSR count). The molecule has 0 fully saturated rings. The first kappa shape index (κ1) is 17.0. The Balaban J connectivity index is 2.36. The summed E-state index contributed by atoms with van der Waals surface area (Å²) in [5.41, 5.74) is 6.71. The molecule has 1 aromatic carbocycles. The van der Waals surface area contributed by atoms with E-state index in [2.05, 4.69) is 5.92 Å². The van der Waals surface area contributed by atoms with Crippen LogP contribution in [-0.4, -0.2) is 38.4 Å². The average Bonchev–Trinajstić information content (AvgIpc) is 2.49. The smallest absolute Gasteiger partial charge is 0.323 e. The van der Waals surface area contributed by atoms with Gasteiger partial charge in [0, 0.05) is 0 Å². The minimum atomic E-state index is -0.645. The molecule has 114 valence electrons. The van der Waals surface area contributed by atoms with Crippen LogP contribution in [0.15, 0.2) is 24.3 Å². The van der Waals surface area contributed by atoms with Crippen molar-refractivity contribution in [1.82, 2.24) is 0 Å². The SMILES string of the molecule is C#CCOCCOc1ccc(C[C@H](N)C(=O)OCC)cc1. The maximum atomic E-state index is 11.4. The second-order valence-electron chi connectivity index (χ2n) is 4.31. The molecule has 2 N–H and O–H groups in total. The Morgan fingerprint density at radius 1 is 1.33 bits per heavy atom. The fraction of sp³-hybridized carbons (Fsp3) is 0.438. The van der Waals surface area contributed by atoms with Gasteiger partial charge in [0.2, 0.25) is 0 Å². The van der Waals surface area contributed by atoms with E-state index in [1.807, 2.05) is 24.3 Å². The second kappa shape index (κ2) is 9.81. The van der Waals surface area contributed by atoms with E-state index in [1.165, 1.54) is 0 Å². The van der Waals surface area contributed by atoms with Crippen LogP contribution < -0.4 is 10.5 Å². The minimum absolute atomic E-state index is 0.286. The molecule has 5 nitrogen and oxygen atoms in total. The number of benzene rings is 1. The summed E-state index contributed by atoms with van der Waals surface area (Å²) in [7, 11) is 0. The predicted molar refractivity (Wildman–Crippen MR) is 79.9 cm³/mol. The van der Waals surface area contributed by atoms with E-state index in [0.29, 0.717) is 26.2 Å². The molecule has 0 aliphatic carbocycles. The van der Waals surface area contributed by atoms with Gasteiger partial charge in [0.25, 0.3) is 0 Å². The van der Waals surface area contributed by atoms with Gasteiger partial charge in [0.15, 0.2) is 0 Å². The summed E-state index contributed by atoms with van der Waals surface area (Å²) in [5, 5.41) is 0. The maximum absolute atomic E-state index is 11.4. The first-order chi connectivity index (χ1) is 10.2. The lowest BCUT2D eigenvalue weighted by Gasteiger charge is -2.11. The van der Waals surface area contributed by atoms with Gasteiger partial charge in [-0.1, -0.05) is 18.1 Å². The molecule has 0 aliphatic heterocycles. The Hall–Kier alpha value is -2.03. The monoisotopic (exact) mass is 291 g/mol. The zero-order valence-corrected chi connectivity index (χ0v) is 12.2. The van der Waals surface area contributed by atoms with E-state index in [4.69, 9.17) is 26.4 Å². The Bertz CT molecular complexity index is 464. The largest absolute Gasteiger partial charge is 0.491 e. The number of nitrogens with two attached hydrogens (primary N) is 1. The number of terminal acetylenes is 1. The van der Waals surface area contributed by atoms with Gasteiger partial charge in [0.1, 0.15) is 25.0 Å². The van der Waals surface area contributed by atoms with Gasteiger partial charge in [-0.25, -0.2) is 0 Å². The molecule has 1 atom stereocenters. The van der Waals surface area contributed by atoms with Crippen molar-refractivity contribution in [3.63, 3.8) is 0 Å². The summed E-state index contributed by atoms with van der Waals surface area (Å²) >= 11 is 0.